The van der Waals surface area contributed by atoms with E-state index in [4.69, 9.17) is 9.84 Å². The van der Waals surface area contributed by atoms with Gasteiger partial charge in [0, 0.05) is 6.07 Å². The van der Waals surface area contributed by atoms with Gasteiger partial charge in [-0.3, -0.25) is 9.36 Å². The summed E-state index contributed by atoms with van der Waals surface area (Å²) in [6.45, 7) is 1.72. The van der Waals surface area contributed by atoms with Gasteiger partial charge in [-0.1, -0.05) is 11.8 Å². The van der Waals surface area contributed by atoms with Gasteiger partial charge in [-0.2, -0.15) is 0 Å². The van der Waals surface area contributed by atoms with Crippen molar-refractivity contribution in [1.29, 1.82) is 0 Å². The van der Waals surface area contributed by atoms with E-state index in [9.17, 15) is 9.18 Å². The second-order valence-corrected chi connectivity index (χ2v) is 4.81. The predicted octanol–water partition coefficient (Wildman–Crippen LogP) is 1.90. The van der Waals surface area contributed by atoms with Gasteiger partial charge >= 0.3 is 5.97 Å². The zero-order chi connectivity index (χ0) is 14.7. The fraction of sp³-hybridized carbons (Fsp3) is 0.250. The highest BCUT2D eigenvalue weighted by atomic mass is 32.2. The van der Waals surface area contributed by atoms with Crippen LogP contribution in [-0.4, -0.2) is 38.7 Å². The van der Waals surface area contributed by atoms with Gasteiger partial charge in [0.05, 0.1) is 18.6 Å². The third kappa shape index (κ3) is 2.90. The first-order chi connectivity index (χ1) is 9.52. The third-order valence-corrected chi connectivity index (χ3v) is 3.42. The van der Waals surface area contributed by atoms with Crippen LogP contribution in [0.2, 0.25) is 0 Å². The van der Waals surface area contributed by atoms with Gasteiger partial charge in [0.1, 0.15) is 17.4 Å². The number of nitrogens with zero attached hydrogens (tertiary/aromatic N) is 3. The van der Waals surface area contributed by atoms with Crippen molar-refractivity contribution in [3.8, 4) is 11.4 Å². The molecule has 0 unspecified atom stereocenters. The Morgan fingerprint density at radius 2 is 2.25 bits per heavy atom. The molecule has 1 aromatic carbocycles. The van der Waals surface area contributed by atoms with E-state index in [1.807, 2.05) is 0 Å². The van der Waals surface area contributed by atoms with Crippen LogP contribution in [0.25, 0.3) is 5.69 Å². The van der Waals surface area contributed by atoms with Crippen LogP contribution in [0.15, 0.2) is 23.4 Å². The predicted molar refractivity (Wildman–Crippen MR) is 71.0 cm³/mol. The number of aryl methyl sites for hydroxylation is 1. The summed E-state index contributed by atoms with van der Waals surface area (Å²) in [7, 11) is 1.43. The second-order valence-electron chi connectivity index (χ2n) is 3.86. The molecule has 0 aliphatic carbocycles. The Balaban J connectivity index is 2.46. The summed E-state index contributed by atoms with van der Waals surface area (Å²) in [6.07, 6.45) is 0. The van der Waals surface area contributed by atoms with Gasteiger partial charge in [-0.15, -0.1) is 10.2 Å². The minimum atomic E-state index is -0.951. The standard InChI is InChI=1S/C12H12FN3O3S/c1-7-14-15-12(20-6-11(17)18)16(7)9-4-3-8(13)5-10(9)19-2/h3-5H,6H2,1-2H3,(H,17,18). The third-order valence-electron chi connectivity index (χ3n) is 2.50. The molecule has 1 N–H and O–H groups in total. The Labute approximate surface area is 118 Å². The summed E-state index contributed by atoms with van der Waals surface area (Å²) in [4.78, 5) is 10.6. The quantitative estimate of drug-likeness (QED) is 0.849. The molecule has 1 aromatic heterocycles. The van der Waals surface area contributed by atoms with E-state index in [1.54, 1.807) is 11.5 Å². The molecular weight excluding hydrogens is 285 g/mol. The Bertz CT molecular complexity index is 645. The van der Waals surface area contributed by atoms with E-state index in [2.05, 4.69) is 10.2 Å². The van der Waals surface area contributed by atoms with Gasteiger partial charge < -0.3 is 9.84 Å². The number of hydrogen-bond donors (Lipinski definition) is 1. The van der Waals surface area contributed by atoms with Crippen molar-refractivity contribution in [3.05, 3.63) is 29.8 Å². The lowest BCUT2D eigenvalue weighted by Crippen LogP contribution is -2.04. The van der Waals surface area contributed by atoms with Gasteiger partial charge in [-0.05, 0) is 19.1 Å². The zero-order valence-electron chi connectivity index (χ0n) is 10.8. The molecule has 2 aromatic rings. The number of halogens is 1. The molecule has 2 rings (SSSR count). The normalized spacial score (nSPS) is 10.6. The van der Waals surface area contributed by atoms with Gasteiger partial charge in [-0.25, -0.2) is 4.39 Å². The molecule has 0 saturated heterocycles. The monoisotopic (exact) mass is 297 g/mol. The van der Waals surface area contributed by atoms with E-state index in [-0.39, 0.29) is 5.75 Å². The second kappa shape index (κ2) is 5.91. The fourth-order valence-electron chi connectivity index (χ4n) is 1.68. The largest absolute Gasteiger partial charge is 0.494 e. The number of thioether (sulfide) groups is 1. The lowest BCUT2D eigenvalue weighted by molar-refractivity contribution is -0.133. The molecule has 0 aliphatic rings. The number of methoxy groups -OCH3 is 1. The summed E-state index contributed by atoms with van der Waals surface area (Å²) >= 11 is 1.03. The summed E-state index contributed by atoms with van der Waals surface area (Å²) in [6, 6.07) is 4.08. The number of aliphatic carboxylic acids is 1. The van der Waals surface area contributed by atoms with Crippen LogP contribution in [0.1, 0.15) is 5.82 Å². The molecule has 0 bridgehead atoms. The van der Waals surface area contributed by atoms with Crippen molar-refractivity contribution in [2.45, 2.75) is 12.1 Å². The van der Waals surface area contributed by atoms with Crippen LogP contribution in [0.3, 0.4) is 0 Å². The van der Waals surface area contributed by atoms with Crippen LogP contribution >= 0.6 is 11.8 Å². The molecule has 20 heavy (non-hydrogen) atoms. The first-order valence-electron chi connectivity index (χ1n) is 5.63. The Morgan fingerprint density at radius 3 is 2.90 bits per heavy atom. The maximum atomic E-state index is 13.2. The smallest absolute Gasteiger partial charge is 0.313 e. The summed E-state index contributed by atoms with van der Waals surface area (Å²) in [5.74, 6) is -0.626. The average molecular weight is 297 g/mol. The Kier molecular flexibility index (Phi) is 4.23. The van der Waals surface area contributed by atoms with Crippen molar-refractivity contribution in [2.75, 3.05) is 12.9 Å². The van der Waals surface area contributed by atoms with E-state index in [0.717, 1.165) is 11.8 Å². The van der Waals surface area contributed by atoms with Crippen molar-refractivity contribution in [1.82, 2.24) is 14.8 Å². The van der Waals surface area contributed by atoms with Crippen LogP contribution < -0.4 is 4.74 Å². The minimum Gasteiger partial charge on any atom is -0.494 e. The minimum absolute atomic E-state index is 0.137. The first kappa shape index (κ1) is 14.3. The van der Waals surface area contributed by atoms with Gasteiger partial charge in [0.2, 0.25) is 0 Å². The van der Waals surface area contributed by atoms with E-state index in [1.165, 1.54) is 25.3 Å². The number of carboxylic acid groups (broad SMARTS) is 1. The van der Waals surface area contributed by atoms with Gasteiger partial charge in [0.25, 0.3) is 0 Å². The van der Waals surface area contributed by atoms with E-state index < -0.39 is 11.8 Å². The molecule has 0 spiro atoms. The number of carbonyl (C=O) groups is 1. The maximum absolute atomic E-state index is 13.2. The summed E-state index contributed by atoms with van der Waals surface area (Å²) in [5, 5.41) is 17.0. The highest BCUT2D eigenvalue weighted by Gasteiger charge is 2.16. The average Bonchev–Trinajstić information content (AvgIpc) is 2.77. The molecule has 1 heterocycles. The number of rotatable bonds is 5. The lowest BCUT2D eigenvalue weighted by atomic mass is 10.3. The van der Waals surface area contributed by atoms with E-state index >= 15 is 0 Å². The molecule has 0 amide bonds. The van der Waals surface area contributed by atoms with E-state index in [0.29, 0.717) is 22.4 Å². The Hall–Kier alpha value is -2.09. The lowest BCUT2D eigenvalue weighted by Gasteiger charge is -2.12. The number of benzene rings is 1. The summed E-state index contributed by atoms with van der Waals surface area (Å²) < 4.78 is 20.0. The van der Waals surface area contributed by atoms with Crippen molar-refractivity contribution >= 4 is 17.7 Å². The SMILES string of the molecule is COc1cc(F)ccc1-n1c(C)nnc1SCC(=O)O. The van der Waals surface area contributed by atoms with Crippen molar-refractivity contribution in [2.24, 2.45) is 0 Å². The number of aromatic nitrogens is 3. The molecule has 106 valence electrons. The number of carboxylic acids is 1. The molecule has 0 aliphatic heterocycles. The van der Waals surface area contributed by atoms with Crippen LogP contribution in [0.4, 0.5) is 4.39 Å². The van der Waals surface area contributed by atoms with Crippen LogP contribution in [-0.2, 0) is 4.79 Å². The molecule has 8 heteroatoms. The van der Waals surface area contributed by atoms with Crippen molar-refractivity contribution in [3.63, 3.8) is 0 Å². The molecule has 0 fully saturated rings. The highest BCUT2D eigenvalue weighted by Crippen LogP contribution is 2.29. The molecule has 0 atom stereocenters. The fourth-order valence-corrected chi connectivity index (χ4v) is 2.39. The van der Waals surface area contributed by atoms with Gasteiger partial charge in [0.15, 0.2) is 5.16 Å². The maximum Gasteiger partial charge on any atom is 0.313 e. The number of hydrogen-bond acceptors (Lipinski definition) is 5. The highest BCUT2D eigenvalue weighted by molar-refractivity contribution is 7.99. The molecule has 6 nitrogen and oxygen atoms in total. The van der Waals surface area contributed by atoms with Crippen LogP contribution in [0, 0.1) is 12.7 Å². The molecule has 0 saturated carbocycles. The van der Waals surface area contributed by atoms with Crippen LogP contribution in [0.5, 0.6) is 5.75 Å². The first-order valence-corrected chi connectivity index (χ1v) is 6.62. The zero-order valence-corrected chi connectivity index (χ0v) is 11.6. The molecule has 0 radical (unpaired) electrons. The molecular formula is C12H12FN3O3S. The Morgan fingerprint density at radius 1 is 1.50 bits per heavy atom. The number of ether oxygens (including phenoxy) is 1. The van der Waals surface area contributed by atoms with Crippen molar-refractivity contribution < 1.29 is 19.0 Å². The topological polar surface area (TPSA) is 77.2 Å². The summed E-state index contributed by atoms with van der Waals surface area (Å²) in [5.41, 5.74) is 0.560.